The molecule has 0 fully saturated rings. The first-order valence-electron chi connectivity index (χ1n) is 4.50. The fourth-order valence-electron chi connectivity index (χ4n) is 0.743. The van der Waals surface area contributed by atoms with Gasteiger partial charge in [0.1, 0.15) is 6.61 Å². The van der Waals surface area contributed by atoms with Crippen molar-refractivity contribution in [1.29, 1.82) is 0 Å². The van der Waals surface area contributed by atoms with Crippen LogP contribution in [-0.2, 0) is 14.3 Å². The molecule has 1 N–H and O–H groups in total. The molecule has 0 unspecified atom stereocenters. The largest absolute Gasteiger partial charge is 0.374 e. The van der Waals surface area contributed by atoms with Crippen LogP contribution in [0.2, 0.25) is 0 Å². The van der Waals surface area contributed by atoms with Crippen molar-refractivity contribution in [3.05, 3.63) is 0 Å². The molecule has 0 spiro atoms. The van der Waals surface area contributed by atoms with Gasteiger partial charge < -0.3 is 10.1 Å². The molecule has 4 nitrogen and oxygen atoms in total. The van der Waals surface area contributed by atoms with Crippen LogP contribution in [0.4, 0.5) is 0 Å². The molecule has 0 heterocycles. The Morgan fingerprint density at radius 1 is 1.38 bits per heavy atom. The standard InChI is InChI=1S/C9H17NO3/c1-3-9(12)10-5-4-6-13-7-8(2)11/h3-7H2,1-2H3,(H,10,12). The molecule has 1 amide bonds. The molecule has 0 atom stereocenters. The summed E-state index contributed by atoms with van der Waals surface area (Å²) in [5.74, 6) is 0.0733. The molecule has 0 saturated heterocycles. The second-order valence-electron chi connectivity index (χ2n) is 2.81. The third kappa shape index (κ3) is 9.01. The minimum atomic E-state index is 0.0255. The number of Topliss-reactive ketones (excluding diaryl/α,β-unsaturated/α-hetero) is 1. The van der Waals surface area contributed by atoms with E-state index in [1.807, 2.05) is 6.92 Å². The second kappa shape index (κ2) is 7.73. The molecule has 0 saturated carbocycles. The summed E-state index contributed by atoms with van der Waals surface area (Å²) in [4.78, 5) is 21.2. The Hall–Kier alpha value is -0.900. The molecule has 0 radical (unpaired) electrons. The smallest absolute Gasteiger partial charge is 0.219 e. The fourth-order valence-corrected chi connectivity index (χ4v) is 0.743. The lowest BCUT2D eigenvalue weighted by Crippen LogP contribution is -2.24. The van der Waals surface area contributed by atoms with E-state index in [9.17, 15) is 9.59 Å². The van der Waals surface area contributed by atoms with Crippen molar-refractivity contribution in [1.82, 2.24) is 5.32 Å². The quantitative estimate of drug-likeness (QED) is 0.591. The molecule has 4 heteroatoms. The van der Waals surface area contributed by atoms with Crippen LogP contribution in [0.25, 0.3) is 0 Å². The number of rotatable bonds is 7. The first-order chi connectivity index (χ1) is 6.16. The van der Waals surface area contributed by atoms with Crippen molar-refractivity contribution < 1.29 is 14.3 Å². The number of amides is 1. The Morgan fingerprint density at radius 3 is 2.62 bits per heavy atom. The first-order valence-corrected chi connectivity index (χ1v) is 4.50. The zero-order valence-corrected chi connectivity index (χ0v) is 8.26. The van der Waals surface area contributed by atoms with Gasteiger partial charge in [-0.3, -0.25) is 9.59 Å². The van der Waals surface area contributed by atoms with Crippen LogP contribution in [0.3, 0.4) is 0 Å². The highest BCUT2D eigenvalue weighted by molar-refractivity contribution is 5.76. The Bertz CT molecular complexity index is 168. The third-order valence-electron chi connectivity index (χ3n) is 1.41. The summed E-state index contributed by atoms with van der Waals surface area (Å²) in [7, 11) is 0. The van der Waals surface area contributed by atoms with Gasteiger partial charge in [0.25, 0.3) is 0 Å². The summed E-state index contributed by atoms with van der Waals surface area (Å²) in [6.45, 7) is 4.59. The van der Waals surface area contributed by atoms with Crippen molar-refractivity contribution in [2.45, 2.75) is 26.7 Å². The van der Waals surface area contributed by atoms with Crippen LogP contribution in [0.15, 0.2) is 0 Å². The molecule has 0 bridgehead atoms. The maximum Gasteiger partial charge on any atom is 0.219 e. The summed E-state index contributed by atoms with van der Waals surface area (Å²) in [6, 6.07) is 0. The minimum absolute atomic E-state index is 0.0255. The first kappa shape index (κ1) is 12.1. The summed E-state index contributed by atoms with van der Waals surface area (Å²) >= 11 is 0. The Morgan fingerprint density at radius 2 is 2.08 bits per heavy atom. The van der Waals surface area contributed by atoms with Crippen LogP contribution < -0.4 is 5.32 Å². The SMILES string of the molecule is CCC(=O)NCCCOCC(C)=O. The van der Waals surface area contributed by atoms with Gasteiger partial charge in [0, 0.05) is 19.6 Å². The fraction of sp³-hybridized carbons (Fsp3) is 0.778. The Kier molecular flexibility index (Phi) is 7.20. The van der Waals surface area contributed by atoms with Crippen molar-refractivity contribution >= 4 is 11.7 Å². The molecule has 0 aromatic rings. The third-order valence-corrected chi connectivity index (χ3v) is 1.41. The zero-order valence-electron chi connectivity index (χ0n) is 8.26. The Labute approximate surface area is 78.6 Å². The number of nitrogens with one attached hydrogen (secondary N) is 1. The molecule has 0 aromatic carbocycles. The van der Waals surface area contributed by atoms with Crippen LogP contribution in [0.1, 0.15) is 26.7 Å². The number of carbonyl (C=O) groups excluding carboxylic acids is 2. The number of ether oxygens (including phenoxy) is 1. The van der Waals surface area contributed by atoms with E-state index in [0.29, 0.717) is 19.6 Å². The predicted octanol–water partition coefficient (Wildman–Crippen LogP) is 0.508. The van der Waals surface area contributed by atoms with Gasteiger partial charge in [-0.1, -0.05) is 6.92 Å². The molecule has 13 heavy (non-hydrogen) atoms. The van der Waals surface area contributed by atoms with Crippen LogP contribution >= 0.6 is 0 Å². The maximum absolute atomic E-state index is 10.7. The van der Waals surface area contributed by atoms with Gasteiger partial charge in [-0.2, -0.15) is 0 Å². The summed E-state index contributed by atoms with van der Waals surface area (Å²) < 4.78 is 5.01. The predicted molar refractivity (Wildman–Crippen MR) is 49.4 cm³/mol. The normalized spacial score (nSPS) is 9.69. The van der Waals surface area contributed by atoms with E-state index in [0.717, 1.165) is 6.42 Å². The Balaban J connectivity index is 3.08. The van der Waals surface area contributed by atoms with Gasteiger partial charge in [-0.05, 0) is 13.3 Å². The van der Waals surface area contributed by atoms with Crippen LogP contribution in [0.5, 0.6) is 0 Å². The molecule has 76 valence electrons. The number of ketones is 1. The second-order valence-corrected chi connectivity index (χ2v) is 2.81. The maximum atomic E-state index is 10.7. The van der Waals surface area contributed by atoms with Gasteiger partial charge in [-0.15, -0.1) is 0 Å². The molecule has 0 aromatic heterocycles. The molecule has 0 aliphatic carbocycles. The number of carbonyl (C=O) groups is 2. The van der Waals surface area contributed by atoms with E-state index >= 15 is 0 Å². The van der Waals surface area contributed by atoms with Gasteiger partial charge in [-0.25, -0.2) is 0 Å². The van der Waals surface area contributed by atoms with E-state index < -0.39 is 0 Å². The van der Waals surface area contributed by atoms with E-state index in [1.165, 1.54) is 6.92 Å². The van der Waals surface area contributed by atoms with Crippen molar-refractivity contribution in [2.75, 3.05) is 19.8 Å². The number of hydrogen-bond donors (Lipinski definition) is 1. The van der Waals surface area contributed by atoms with Crippen LogP contribution in [0, 0.1) is 0 Å². The molecule has 0 aliphatic rings. The van der Waals surface area contributed by atoms with Gasteiger partial charge in [0.05, 0.1) is 0 Å². The summed E-state index contributed by atoms with van der Waals surface area (Å²) in [5.41, 5.74) is 0. The van der Waals surface area contributed by atoms with Gasteiger partial charge in [0.15, 0.2) is 5.78 Å². The van der Waals surface area contributed by atoms with Crippen LogP contribution in [-0.4, -0.2) is 31.4 Å². The van der Waals surface area contributed by atoms with E-state index in [4.69, 9.17) is 4.74 Å². The van der Waals surface area contributed by atoms with E-state index in [1.54, 1.807) is 0 Å². The highest BCUT2D eigenvalue weighted by Crippen LogP contribution is 1.83. The minimum Gasteiger partial charge on any atom is -0.374 e. The van der Waals surface area contributed by atoms with Gasteiger partial charge >= 0.3 is 0 Å². The topological polar surface area (TPSA) is 55.4 Å². The summed E-state index contributed by atoms with van der Waals surface area (Å²) in [6.07, 6.45) is 1.26. The average molecular weight is 187 g/mol. The summed E-state index contributed by atoms with van der Waals surface area (Å²) in [5, 5.41) is 2.72. The monoisotopic (exact) mass is 187 g/mol. The van der Waals surface area contributed by atoms with Crippen molar-refractivity contribution in [3.8, 4) is 0 Å². The lowest BCUT2D eigenvalue weighted by atomic mass is 10.4. The molecular formula is C9H17NO3. The number of hydrogen-bond acceptors (Lipinski definition) is 3. The lowest BCUT2D eigenvalue weighted by Gasteiger charge is -2.03. The zero-order chi connectivity index (χ0) is 10.1. The highest BCUT2D eigenvalue weighted by atomic mass is 16.5. The molecule has 0 aliphatic heterocycles. The van der Waals surface area contributed by atoms with Crippen molar-refractivity contribution in [3.63, 3.8) is 0 Å². The average Bonchev–Trinajstić information content (AvgIpc) is 2.10. The molecule has 0 rings (SSSR count). The van der Waals surface area contributed by atoms with E-state index in [2.05, 4.69) is 5.32 Å². The highest BCUT2D eigenvalue weighted by Gasteiger charge is 1.96. The van der Waals surface area contributed by atoms with E-state index in [-0.39, 0.29) is 18.3 Å². The van der Waals surface area contributed by atoms with Crippen molar-refractivity contribution in [2.24, 2.45) is 0 Å². The van der Waals surface area contributed by atoms with Gasteiger partial charge in [0.2, 0.25) is 5.91 Å². The lowest BCUT2D eigenvalue weighted by molar-refractivity contribution is -0.122. The molecular weight excluding hydrogens is 170 g/mol.